The Bertz CT molecular complexity index is 1070. The first-order chi connectivity index (χ1) is 14.2. The summed E-state index contributed by atoms with van der Waals surface area (Å²) in [5.41, 5.74) is 3.12. The van der Waals surface area contributed by atoms with Gasteiger partial charge < -0.3 is 20.4 Å². The van der Waals surface area contributed by atoms with Crippen LogP contribution < -0.4 is 10.6 Å². The molecule has 29 heavy (non-hydrogen) atoms. The van der Waals surface area contributed by atoms with E-state index in [-0.39, 0.29) is 17.6 Å². The third-order valence-electron chi connectivity index (χ3n) is 4.65. The monoisotopic (exact) mass is 407 g/mol. The van der Waals surface area contributed by atoms with Crippen molar-refractivity contribution >= 4 is 40.2 Å². The van der Waals surface area contributed by atoms with Gasteiger partial charge in [-0.25, -0.2) is 0 Å². The first-order valence-electron chi connectivity index (χ1n) is 9.40. The molecule has 0 spiro atoms. The van der Waals surface area contributed by atoms with E-state index in [2.05, 4.69) is 21.7 Å². The third-order valence-corrected chi connectivity index (χ3v) is 5.43. The van der Waals surface area contributed by atoms with E-state index in [4.69, 9.17) is 4.74 Å². The van der Waals surface area contributed by atoms with Gasteiger partial charge >= 0.3 is 0 Å². The predicted octanol–water partition coefficient (Wildman–Crippen LogP) is 3.68. The molecule has 4 rings (SSSR count). The number of hydrogen-bond acceptors (Lipinski definition) is 4. The Kier molecular flexibility index (Phi) is 5.86. The van der Waals surface area contributed by atoms with Crippen LogP contribution in [0.4, 0.5) is 5.69 Å². The highest BCUT2D eigenvalue weighted by atomic mass is 32.2. The quantitative estimate of drug-likeness (QED) is 0.582. The van der Waals surface area contributed by atoms with Gasteiger partial charge in [0, 0.05) is 34.8 Å². The lowest BCUT2D eigenvalue weighted by atomic mass is 10.1. The maximum Gasteiger partial charge on any atom is 0.291 e. The predicted molar refractivity (Wildman–Crippen MR) is 116 cm³/mol. The van der Waals surface area contributed by atoms with Gasteiger partial charge in [-0.05, 0) is 30.2 Å². The van der Waals surface area contributed by atoms with Crippen LogP contribution in [0.1, 0.15) is 15.9 Å². The highest BCUT2D eigenvalue weighted by molar-refractivity contribution is 8.02. The van der Waals surface area contributed by atoms with Crippen LogP contribution in [0.5, 0.6) is 0 Å². The summed E-state index contributed by atoms with van der Waals surface area (Å²) in [5.74, 6) is 0.521. The van der Waals surface area contributed by atoms with Gasteiger partial charge in [-0.3, -0.25) is 9.59 Å². The summed E-state index contributed by atoms with van der Waals surface area (Å²) in [4.78, 5) is 28.3. The number of fused-ring (bicyclic) bond motifs is 1. The summed E-state index contributed by atoms with van der Waals surface area (Å²) >= 11 is 1.53. The van der Waals surface area contributed by atoms with Crippen molar-refractivity contribution in [1.82, 2.24) is 10.3 Å². The Morgan fingerprint density at radius 3 is 2.76 bits per heavy atom. The highest BCUT2D eigenvalue weighted by Gasteiger charge is 2.18. The number of anilines is 1. The van der Waals surface area contributed by atoms with Gasteiger partial charge in [0.05, 0.1) is 17.9 Å². The van der Waals surface area contributed by atoms with Gasteiger partial charge in [-0.2, -0.15) is 0 Å². The van der Waals surface area contributed by atoms with E-state index < -0.39 is 0 Å². The summed E-state index contributed by atoms with van der Waals surface area (Å²) < 4.78 is 5.38. The van der Waals surface area contributed by atoms with E-state index in [0.29, 0.717) is 30.8 Å². The zero-order valence-corrected chi connectivity index (χ0v) is 16.6. The number of carbonyl (C=O) groups excluding carboxylic acids is 2. The minimum Gasteiger partial charge on any atom is -0.487 e. The molecule has 1 aromatic heterocycles. The van der Waals surface area contributed by atoms with Gasteiger partial charge in [0.25, 0.3) is 11.8 Å². The molecule has 6 nitrogen and oxygen atoms in total. The zero-order chi connectivity index (χ0) is 20.1. The summed E-state index contributed by atoms with van der Waals surface area (Å²) in [6, 6.07) is 15.0. The molecule has 1 aliphatic heterocycles. The van der Waals surface area contributed by atoms with Crippen molar-refractivity contribution in [1.29, 1.82) is 0 Å². The van der Waals surface area contributed by atoms with Crippen molar-refractivity contribution in [2.45, 2.75) is 6.42 Å². The molecule has 148 valence electrons. The Morgan fingerprint density at radius 1 is 1.07 bits per heavy atom. The molecule has 0 aliphatic carbocycles. The highest BCUT2D eigenvalue weighted by Crippen LogP contribution is 2.20. The maximum absolute atomic E-state index is 12.7. The van der Waals surface area contributed by atoms with Crippen molar-refractivity contribution in [2.75, 3.05) is 24.2 Å². The second-order valence-electron chi connectivity index (χ2n) is 6.57. The topological polar surface area (TPSA) is 83.2 Å². The van der Waals surface area contributed by atoms with Crippen molar-refractivity contribution in [3.8, 4) is 0 Å². The fraction of sp³-hybridized carbons (Fsp3) is 0.182. The average molecular weight is 407 g/mol. The van der Waals surface area contributed by atoms with Gasteiger partial charge in [0.2, 0.25) is 0 Å². The number of nitrogens with one attached hydrogen (secondary N) is 3. The number of carbonyl (C=O) groups is 2. The number of aromatic nitrogens is 1. The van der Waals surface area contributed by atoms with E-state index in [9.17, 15) is 9.59 Å². The fourth-order valence-corrected chi connectivity index (χ4v) is 3.83. The van der Waals surface area contributed by atoms with Gasteiger partial charge in [0.1, 0.15) is 0 Å². The number of aromatic amines is 1. The first-order valence-corrected chi connectivity index (χ1v) is 10.5. The second-order valence-corrected chi connectivity index (χ2v) is 7.54. The van der Waals surface area contributed by atoms with Crippen molar-refractivity contribution < 1.29 is 14.3 Å². The van der Waals surface area contributed by atoms with E-state index in [1.54, 1.807) is 29.7 Å². The van der Waals surface area contributed by atoms with Crippen LogP contribution >= 0.6 is 11.8 Å². The molecule has 3 N–H and O–H groups in total. The number of hydrogen-bond donors (Lipinski definition) is 3. The molecule has 0 radical (unpaired) electrons. The Morgan fingerprint density at radius 2 is 1.90 bits per heavy atom. The van der Waals surface area contributed by atoms with Crippen LogP contribution in [0.15, 0.2) is 65.9 Å². The molecule has 0 unspecified atom stereocenters. The molecule has 0 atom stereocenters. The van der Waals surface area contributed by atoms with Crippen LogP contribution in [-0.2, 0) is 16.0 Å². The lowest BCUT2D eigenvalue weighted by Gasteiger charge is -2.15. The molecule has 2 heterocycles. The minimum absolute atomic E-state index is 0.228. The normalized spacial score (nSPS) is 13.4. The molecule has 0 saturated heterocycles. The van der Waals surface area contributed by atoms with Crippen LogP contribution in [0.3, 0.4) is 0 Å². The summed E-state index contributed by atoms with van der Waals surface area (Å²) in [7, 11) is 0. The summed E-state index contributed by atoms with van der Waals surface area (Å²) in [5, 5.41) is 8.58. The van der Waals surface area contributed by atoms with Crippen molar-refractivity contribution in [3.05, 3.63) is 77.0 Å². The zero-order valence-electron chi connectivity index (χ0n) is 15.7. The molecule has 3 aromatic rings. The molecule has 2 aromatic carbocycles. The molecule has 0 fully saturated rings. The second kappa shape index (κ2) is 8.87. The van der Waals surface area contributed by atoms with Crippen LogP contribution in [0.2, 0.25) is 0 Å². The Balaban J connectivity index is 1.39. The Labute approximate surface area is 172 Å². The number of thioether (sulfide) groups is 1. The summed E-state index contributed by atoms with van der Waals surface area (Å²) in [6.07, 6.45) is 2.68. The van der Waals surface area contributed by atoms with E-state index >= 15 is 0 Å². The molecule has 0 bridgehead atoms. The Hall–Kier alpha value is -3.19. The van der Waals surface area contributed by atoms with Gasteiger partial charge in [-0.15, -0.1) is 11.8 Å². The van der Waals surface area contributed by atoms with Crippen molar-refractivity contribution in [2.24, 2.45) is 0 Å². The third kappa shape index (κ3) is 4.46. The molecular weight excluding hydrogens is 386 g/mol. The number of amides is 2. The number of H-pyrrole nitrogens is 1. The maximum atomic E-state index is 12.7. The number of para-hydroxylation sites is 2. The van der Waals surface area contributed by atoms with Gasteiger partial charge in [-0.1, -0.05) is 30.3 Å². The fourth-order valence-electron chi connectivity index (χ4n) is 3.21. The first kappa shape index (κ1) is 19.1. The minimum atomic E-state index is -0.351. The van der Waals surface area contributed by atoms with Crippen molar-refractivity contribution in [3.63, 3.8) is 0 Å². The smallest absolute Gasteiger partial charge is 0.291 e. The van der Waals surface area contributed by atoms with E-state index in [1.165, 1.54) is 11.8 Å². The SMILES string of the molecule is O=C(Nc1ccccc1C(=O)NCCc1c[nH]c2ccccc12)C1=CSCCO1. The molecule has 2 amide bonds. The molecule has 0 saturated carbocycles. The molecule has 1 aliphatic rings. The lowest BCUT2D eigenvalue weighted by Crippen LogP contribution is -2.27. The molecular formula is C22H21N3O3S. The van der Waals surface area contributed by atoms with Gasteiger partial charge in [0.15, 0.2) is 5.76 Å². The standard InChI is InChI=1S/C22H21N3O3S/c26-21(23-10-9-15-13-24-18-7-3-1-5-16(15)18)17-6-2-4-8-19(17)25-22(27)20-14-29-12-11-28-20/h1-8,13-14,24H,9-12H2,(H,23,26)(H,25,27). The molecule has 7 heteroatoms. The number of benzene rings is 2. The van der Waals surface area contributed by atoms with E-state index in [0.717, 1.165) is 22.2 Å². The number of rotatable bonds is 6. The van der Waals surface area contributed by atoms with Crippen LogP contribution in [0, 0.1) is 0 Å². The summed E-state index contributed by atoms with van der Waals surface area (Å²) in [6.45, 7) is 0.994. The lowest BCUT2D eigenvalue weighted by molar-refractivity contribution is -0.116. The van der Waals surface area contributed by atoms with Crippen LogP contribution in [-0.4, -0.2) is 35.7 Å². The van der Waals surface area contributed by atoms with Crippen LogP contribution in [0.25, 0.3) is 10.9 Å². The largest absolute Gasteiger partial charge is 0.487 e. The van der Waals surface area contributed by atoms with E-state index in [1.807, 2.05) is 24.4 Å². The average Bonchev–Trinajstić information content (AvgIpc) is 3.18. The number of ether oxygens (including phenoxy) is 1.